The van der Waals surface area contributed by atoms with Gasteiger partial charge in [0.15, 0.2) is 0 Å². The Hall–Kier alpha value is -3.29. The summed E-state index contributed by atoms with van der Waals surface area (Å²) in [6.45, 7) is 2.31. The lowest BCUT2D eigenvalue weighted by Crippen LogP contribution is -2.51. The van der Waals surface area contributed by atoms with Crippen molar-refractivity contribution in [3.05, 3.63) is 62.6 Å². The number of carboxylic acids is 1. The number of nitrogens with two attached hydrogens (primary N) is 1. The van der Waals surface area contributed by atoms with E-state index >= 15 is 0 Å². The second-order valence-corrected chi connectivity index (χ2v) is 10.0. The van der Waals surface area contributed by atoms with Crippen LogP contribution in [0.5, 0.6) is 5.75 Å². The monoisotopic (exact) mass is 596 g/mol. The number of carbonyl (C=O) groups excluding carboxylic acids is 1. The Balaban J connectivity index is 1.64. The number of rotatable bonds is 12. The third kappa shape index (κ3) is 8.35. The number of phenols is 1. The molecule has 14 heteroatoms. The second-order valence-electron chi connectivity index (χ2n) is 9.25. The van der Waals surface area contributed by atoms with Gasteiger partial charge in [-0.2, -0.15) is 0 Å². The average molecular weight is 598 g/mol. The number of phenolic OH excluding ortho intramolecular Hbond substituents is 1. The van der Waals surface area contributed by atoms with Crippen molar-refractivity contribution in [2.24, 2.45) is 10.9 Å². The standard InChI is InChI=1S/C26H34Cl2N6O6/c1-40-10-7-30-26(33-29)31-13-20(25(38)39)32-24(37)22-19(27)12-16-14-34(8-5-18(16)23(22)28)9-6-21(36)15-3-2-4-17(35)11-15/h2-4,11-12,20-21,35-36H,5-10,13-14,29H2,1H3,(H,32,37)(H,38,39)(H2,30,31,33)/t20-,21?/m0/s1. The van der Waals surface area contributed by atoms with Gasteiger partial charge in [0.05, 0.1) is 28.3 Å². The number of methoxy groups -OCH3 is 1. The van der Waals surface area contributed by atoms with E-state index in [2.05, 4.69) is 26.0 Å². The summed E-state index contributed by atoms with van der Waals surface area (Å²) in [6.07, 6.45) is 0.280. The largest absolute Gasteiger partial charge is 0.508 e. The Morgan fingerprint density at radius 2 is 2.02 bits per heavy atom. The van der Waals surface area contributed by atoms with Crippen molar-refractivity contribution in [3.8, 4) is 5.75 Å². The smallest absolute Gasteiger partial charge is 0.328 e. The van der Waals surface area contributed by atoms with E-state index in [-0.39, 0.29) is 33.9 Å². The average Bonchev–Trinajstić information content (AvgIpc) is 2.92. The van der Waals surface area contributed by atoms with E-state index in [0.29, 0.717) is 51.2 Å². The zero-order valence-corrected chi connectivity index (χ0v) is 23.5. The third-order valence-electron chi connectivity index (χ3n) is 6.49. The fourth-order valence-electron chi connectivity index (χ4n) is 4.37. The highest BCUT2D eigenvalue weighted by Gasteiger charge is 2.28. The molecule has 0 fully saturated rings. The Morgan fingerprint density at radius 1 is 1.25 bits per heavy atom. The minimum Gasteiger partial charge on any atom is -0.508 e. The van der Waals surface area contributed by atoms with Crippen LogP contribution in [-0.4, -0.2) is 84.0 Å². The predicted molar refractivity (Wildman–Crippen MR) is 152 cm³/mol. The van der Waals surface area contributed by atoms with E-state index in [1.807, 2.05) is 0 Å². The number of amides is 1. The molecule has 218 valence electrons. The number of guanidine groups is 1. The fraction of sp³-hybridized carbons (Fsp3) is 0.423. The van der Waals surface area contributed by atoms with Crippen LogP contribution in [0.25, 0.3) is 0 Å². The topological polar surface area (TPSA) is 182 Å². The van der Waals surface area contributed by atoms with E-state index in [1.54, 1.807) is 24.3 Å². The van der Waals surface area contributed by atoms with Gasteiger partial charge in [-0.05, 0) is 47.7 Å². The molecule has 2 atom stereocenters. The number of carbonyl (C=O) groups is 2. The van der Waals surface area contributed by atoms with Crippen molar-refractivity contribution < 1.29 is 29.6 Å². The van der Waals surface area contributed by atoms with Gasteiger partial charge in [0, 0.05) is 39.8 Å². The molecule has 3 rings (SSSR count). The number of aliphatic hydroxyl groups is 1. The van der Waals surface area contributed by atoms with E-state index in [4.69, 9.17) is 33.8 Å². The summed E-state index contributed by atoms with van der Waals surface area (Å²) >= 11 is 13.1. The molecule has 40 heavy (non-hydrogen) atoms. The molecule has 1 aliphatic heterocycles. The maximum atomic E-state index is 13.1. The van der Waals surface area contributed by atoms with Crippen molar-refractivity contribution >= 4 is 41.0 Å². The highest BCUT2D eigenvalue weighted by atomic mass is 35.5. The summed E-state index contributed by atoms with van der Waals surface area (Å²) < 4.78 is 4.93. The first kappa shape index (κ1) is 31.2. The van der Waals surface area contributed by atoms with Gasteiger partial charge in [-0.15, -0.1) is 5.10 Å². The van der Waals surface area contributed by atoms with Gasteiger partial charge in [0.25, 0.3) is 5.91 Å². The summed E-state index contributed by atoms with van der Waals surface area (Å²) in [5.74, 6) is 3.56. The van der Waals surface area contributed by atoms with Gasteiger partial charge in [-0.25, -0.2) is 4.79 Å². The van der Waals surface area contributed by atoms with Gasteiger partial charge in [0.1, 0.15) is 11.8 Å². The van der Waals surface area contributed by atoms with Crippen LogP contribution in [0.2, 0.25) is 10.0 Å². The summed E-state index contributed by atoms with van der Waals surface area (Å²) in [5.41, 5.74) is 2.27. The van der Waals surface area contributed by atoms with Crippen LogP contribution in [0.3, 0.4) is 0 Å². The lowest BCUT2D eigenvalue weighted by molar-refractivity contribution is -0.139. The lowest BCUT2D eigenvalue weighted by Gasteiger charge is -2.31. The first-order valence-corrected chi connectivity index (χ1v) is 13.4. The number of benzene rings is 2. The second kappa shape index (κ2) is 14.9. The molecule has 0 radical (unpaired) electrons. The van der Waals surface area contributed by atoms with E-state index < -0.39 is 24.0 Å². The summed E-state index contributed by atoms with van der Waals surface area (Å²) in [4.78, 5) is 27.1. The normalized spacial score (nSPS) is 15.2. The van der Waals surface area contributed by atoms with Crippen molar-refractivity contribution in [3.63, 3.8) is 0 Å². The molecular weight excluding hydrogens is 563 g/mol. The maximum Gasteiger partial charge on any atom is 0.328 e. The van der Waals surface area contributed by atoms with Crippen LogP contribution in [0.4, 0.5) is 0 Å². The molecule has 0 spiro atoms. The number of aliphatic carboxylic acids is 1. The molecule has 0 bridgehead atoms. The Kier molecular flexibility index (Phi) is 11.6. The molecule has 8 N–H and O–H groups in total. The van der Waals surface area contributed by atoms with Crippen molar-refractivity contribution in [1.29, 1.82) is 0 Å². The van der Waals surface area contributed by atoms with E-state index in [0.717, 1.165) is 11.1 Å². The third-order valence-corrected chi connectivity index (χ3v) is 7.20. The SMILES string of the molecule is COCCN/C(=N\N)NC[C@H](NC(=O)c1c(Cl)cc2c(c1Cl)CCN(CCC(O)c1cccc(O)c1)C2)C(=O)O. The molecule has 2 aromatic carbocycles. The summed E-state index contributed by atoms with van der Waals surface area (Å²) in [7, 11) is 1.53. The zero-order chi connectivity index (χ0) is 29.2. The van der Waals surface area contributed by atoms with Crippen LogP contribution < -0.4 is 21.8 Å². The highest BCUT2D eigenvalue weighted by Crippen LogP contribution is 2.35. The van der Waals surface area contributed by atoms with Crippen molar-refractivity contribution in [2.45, 2.75) is 31.5 Å². The predicted octanol–water partition coefficient (Wildman–Crippen LogP) is 1.42. The molecule has 1 amide bonds. The minimum atomic E-state index is -1.33. The fourth-order valence-corrected chi connectivity index (χ4v) is 5.13. The summed E-state index contributed by atoms with van der Waals surface area (Å²) in [6, 6.07) is 6.88. The van der Waals surface area contributed by atoms with Gasteiger partial charge in [-0.3, -0.25) is 9.69 Å². The van der Waals surface area contributed by atoms with E-state index in [1.165, 1.54) is 13.2 Å². The number of aliphatic hydroxyl groups excluding tert-OH is 1. The molecule has 2 aromatic rings. The minimum absolute atomic E-state index is 0.00651. The number of hydrogen-bond donors (Lipinski definition) is 7. The molecule has 1 aliphatic rings. The van der Waals surface area contributed by atoms with Crippen LogP contribution in [-0.2, 0) is 22.5 Å². The van der Waals surface area contributed by atoms with Crippen molar-refractivity contribution in [2.75, 3.05) is 39.9 Å². The number of ether oxygens (including phenoxy) is 1. The van der Waals surface area contributed by atoms with Crippen LogP contribution in [0, 0.1) is 0 Å². The first-order valence-electron chi connectivity index (χ1n) is 12.6. The molecular formula is C26H34Cl2N6O6. The number of halogens is 2. The van der Waals surface area contributed by atoms with Crippen LogP contribution >= 0.6 is 23.2 Å². The van der Waals surface area contributed by atoms with Crippen LogP contribution in [0.15, 0.2) is 35.4 Å². The van der Waals surface area contributed by atoms with Crippen molar-refractivity contribution in [1.82, 2.24) is 20.9 Å². The number of hydrazone groups is 1. The van der Waals surface area contributed by atoms with E-state index in [9.17, 15) is 24.9 Å². The number of fused-ring (bicyclic) bond motifs is 1. The molecule has 1 heterocycles. The maximum absolute atomic E-state index is 13.1. The number of nitrogens with one attached hydrogen (secondary N) is 3. The summed E-state index contributed by atoms with van der Waals surface area (Å²) in [5, 5.41) is 41.6. The molecule has 1 unspecified atom stereocenters. The Bertz CT molecular complexity index is 1230. The Labute approximate surface area is 242 Å². The number of carboxylic acid groups (broad SMARTS) is 1. The molecule has 0 saturated carbocycles. The number of aromatic hydroxyl groups is 1. The van der Waals surface area contributed by atoms with Gasteiger partial charge in [0.2, 0.25) is 5.96 Å². The van der Waals surface area contributed by atoms with Gasteiger partial charge >= 0.3 is 5.97 Å². The van der Waals surface area contributed by atoms with Gasteiger partial charge in [-0.1, -0.05) is 35.3 Å². The first-order chi connectivity index (χ1) is 19.1. The molecule has 12 nitrogen and oxygen atoms in total. The van der Waals surface area contributed by atoms with Gasteiger partial charge < -0.3 is 41.8 Å². The molecule has 0 saturated heterocycles. The highest BCUT2D eigenvalue weighted by molar-refractivity contribution is 6.40. The number of hydrogen-bond acceptors (Lipinski definition) is 8. The van der Waals surface area contributed by atoms with Crippen LogP contribution in [0.1, 0.15) is 39.6 Å². The quantitative estimate of drug-likeness (QED) is 0.0622. The Morgan fingerprint density at radius 3 is 2.70 bits per heavy atom. The molecule has 0 aromatic heterocycles. The lowest BCUT2D eigenvalue weighted by atomic mass is 9.96. The zero-order valence-electron chi connectivity index (χ0n) is 22.0. The molecule has 0 aliphatic carbocycles. The number of nitrogens with zero attached hydrogens (tertiary/aromatic N) is 2.